The van der Waals surface area contributed by atoms with Gasteiger partial charge < -0.3 is 4.74 Å². The van der Waals surface area contributed by atoms with Crippen LogP contribution >= 0.6 is 22.5 Å². The first-order valence-electron chi connectivity index (χ1n) is 3.98. The van der Waals surface area contributed by atoms with E-state index in [1.807, 2.05) is 37.3 Å². The second-order valence-electron chi connectivity index (χ2n) is 2.46. The van der Waals surface area contributed by atoms with Gasteiger partial charge in [-0.2, -0.15) is 0 Å². The van der Waals surface area contributed by atoms with Crippen LogP contribution < -0.4 is 4.74 Å². The van der Waals surface area contributed by atoms with Gasteiger partial charge in [-0.1, -0.05) is 35.1 Å². The Balaban J connectivity index is 2.58. The first-order valence-corrected chi connectivity index (χ1v) is 6.02. The molecule has 0 saturated heterocycles. The lowest BCUT2D eigenvalue weighted by atomic mass is 10.2. The second-order valence-corrected chi connectivity index (χ2v) is 3.73. The number of ether oxygens (including phenoxy) is 1. The third-order valence-corrected chi connectivity index (χ3v) is 2.06. The van der Waals surface area contributed by atoms with Crippen LogP contribution in [0, 0.1) is 0 Å². The third-order valence-electron chi connectivity index (χ3n) is 1.52. The molecule has 0 radical (unpaired) electrons. The number of hydrogen-bond acceptors (Lipinski definition) is 3. The molecule has 0 aromatic heterocycles. The van der Waals surface area contributed by atoms with Crippen molar-refractivity contribution >= 4 is 28.5 Å². The molecule has 0 amide bonds. The zero-order chi connectivity index (χ0) is 9.52. The summed E-state index contributed by atoms with van der Waals surface area (Å²) in [5, 5.41) is 0. The normalized spacial score (nSPS) is 10.6. The summed E-state index contributed by atoms with van der Waals surface area (Å²) in [5.41, 5.74) is 1.19. The Kier molecular flexibility index (Phi) is 4.86. The SMILES string of the molecule is CC=Cc1ccc(OCSS)cc1. The van der Waals surface area contributed by atoms with Crippen LogP contribution in [0.25, 0.3) is 6.08 Å². The van der Waals surface area contributed by atoms with E-state index in [9.17, 15) is 0 Å². The van der Waals surface area contributed by atoms with E-state index in [1.165, 1.54) is 16.4 Å². The Hall–Kier alpha value is -0.540. The monoisotopic (exact) mass is 212 g/mol. The Labute approximate surface area is 88.0 Å². The van der Waals surface area contributed by atoms with Crippen LogP contribution in [-0.4, -0.2) is 5.94 Å². The molecule has 0 saturated carbocycles. The van der Waals surface area contributed by atoms with Crippen molar-refractivity contribution in [3.05, 3.63) is 35.9 Å². The quantitative estimate of drug-likeness (QED) is 0.463. The van der Waals surface area contributed by atoms with Crippen LogP contribution in [-0.2, 0) is 0 Å². The molecule has 0 aliphatic rings. The smallest absolute Gasteiger partial charge is 0.143 e. The van der Waals surface area contributed by atoms with Gasteiger partial charge >= 0.3 is 0 Å². The molecule has 0 spiro atoms. The summed E-state index contributed by atoms with van der Waals surface area (Å²) in [5.74, 6) is 1.46. The number of hydrogen-bond donors (Lipinski definition) is 1. The van der Waals surface area contributed by atoms with Crippen LogP contribution in [0.15, 0.2) is 30.3 Å². The van der Waals surface area contributed by atoms with Crippen LogP contribution in [0.2, 0.25) is 0 Å². The van der Waals surface area contributed by atoms with E-state index in [0.717, 1.165) is 5.75 Å². The number of benzene rings is 1. The molecule has 1 aromatic rings. The Morgan fingerprint density at radius 2 is 2.08 bits per heavy atom. The van der Waals surface area contributed by atoms with Crippen LogP contribution in [0.3, 0.4) is 0 Å². The van der Waals surface area contributed by atoms with E-state index >= 15 is 0 Å². The Bertz CT molecular complexity index is 267. The molecule has 0 N–H and O–H groups in total. The van der Waals surface area contributed by atoms with Crippen LogP contribution in [0.5, 0.6) is 5.75 Å². The molecular formula is C10H12OS2. The van der Waals surface area contributed by atoms with E-state index in [0.29, 0.717) is 5.94 Å². The fourth-order valence-corrected chi connectivity index (χ4v) is 1.31. The average Bonchev–Trinajstić information content (AvgIpc) is 2.17. The molecule has 13 heavy (non-hydrogen) atoms. The highest BCUT2D eigenvalue weighted by Gasteiger charge is 1.91. The van der Waals surface area contributed by atoms with Crippen molar-refractivity contribution in [3.63, 3.8) is 0 Å². The molecule has 0 unspecified atom stereocenters. The number of allylic oxidation sites excluding steroid dienone is 1. The molecule has 0 aliphatic heterocycles. The molecule has 70 valence electrons. The lowest BCUT2D eigenvalue weighted by Gasteiger charge is -2.02. The number of thiol groups is 1. The summed E-state index contributed by atoms with van der Waals surface area (Å²) in [4.78, 5) is 0. The molecule has 0 heterocycles. The van der Waals surface area contributed by atoms with Gasteiger partial charge in [0.2, 0.25) is 0 Å². The summed E-state index contributed by atoms with van der Waals surface area (Å²) < 4.78 is 5.35. The maximum atomic E-state index is 5.35. The minimum Gasteiger partial charge on any atom is -0.482 e. The topological polar surface area (TPSA) is 9.23 Å². The molecule has 0 aliphatic carbocycles. The van der Waals surface area contributed by atoms with E-state index in [-0.39, 0.29) is 0 Å². The van der Waals surface area contributed by atoms with E-state index in [4.69, 9.17) is 4.74 Å². The standard InChI is InChI=1S/C10H12OS2/c1-2-3-9-4-6-10(7-5-9)11-8-13-12/h2-7,12H,8H2,1H3. The van der Waals surface area contributed by atoms with Crippen molar-refractivity contribution in [1.82, 2.24) is 0 Å². The molecule has 0 bridgehead atoms. The lowest BCUT2D eigenvalue weighted by molar-refractivity contribution is 0.394. The first kappa shape index (κ1) is 10.5. The molecular weight excluding hydrogens is 200 g/mol. The molecule has 1 nitrogen and oxygen atoms in total. The second kappa shape index (κ2) is 6.00. The van der Waals surface area contributed by atoms with Gasteiger partial charge in [0.25, 0.3) is 0 Å². The fourth-order valence-electron chi connectivity index (χ4n) is 0.962. The highest BCUT2D eigenvalue weighted by atomic mass is 33.1. The predicted molar refractivity (Wildman–Crippen MR) is 63.2 cm³/mol. The number of rotatable bonds is 4. The van der Waals surface area contributed by atoms with E-state index in [2.05, 4.69) is 17.7 Å². The largest absolute Gasteiger partial charge is 0.482 e. The van der Waals surface area contributed by atoms with Crippen molar-refractivity contribution in [2.24, 2.45) is 0 Å². The zero-order valence-electron chi connectivity index (χ0n) is 7.43. The van der Waals surface area contributed by atoms with Gasteiger partial charge in [-0.25, -0.2) is 0 Å². The minimum absolute atomic E-state index is 0.575. The van der Waals surface area contributed by atoms with Crippen molar-refractivity contribution in [1.29, 1.82) is 0 Å². The summed E-state index contributed by atoms with van der Waals surface area (Å²) in [7, 11) is 1.37. The minimum atomic E-state index is 0.575. The fraction of sp³-hybridized carbons (Fsp3) is 0.200. The van der Waals surface area contributed by atoms with Crippen LogP contribution in [0.1, 0.15) is 12.5 Å². The van der Waals surface area contributed by atoms with E-state index < -0.39 is 0 Å². The molecule has 1 rings (SSSR count). The predicted octanol–water partition coefficient (Wildman–Crippen LogP) is 3.63. The average molecular weight is 212 g/mol. The van der Waals surface area contributed by atoms with Crippen LogP contribution in [0.4, 0.5) is 0 Å². The van der Waals surface area contributed by atoms with Crippen molar-refractivity contribution in [2.75, 3.05) is 5.94 Å². The zero-order valence-corrected chi connectivity index (χ0v) is 9.15. The van der Waals surface area contributed by atoms with Gasteiger partial charge in [0, 0.05) is 0 Å². The maximum absolute atomic E-state index is 5.35. The van der Waals surface area contributed by atoms with Gasteiger partial charge in [0.1, 0.15) is 11.7 Å². The Morgan fingerprint density at radius 1 is 1.38 bits per heavy atom. The highest BCUT2D eigenvalue weighted by molar-refractivity contribution is 8.68. The van der Waals surface area contributed by atoms with Gasteiger partial charge in [-0.15, -0.1) is 11.7 Å². The van der Waals surface area contributed by atoms with Gasteiger partial charge in [0.15, 0.2) is 0 Å². The Morgan fingerprint density at radius 3 is 2.62 bits per heavy atom. The summed E-state index contributed by atoms with van der Waals surface area (Å²) >= 11 is 3.99. The summed E-state index contributed by atoms with van der Waals surface area (Å²) in [6.07, 6.45) is 4.07. The first-order chi connectivity index (χ1) is 6.36. The van der Waals surface area contributed by atoms with Gasteiger partial charge in [-0.3, -0.25) is 0 Å². The van der Waals surface area contributed by atoms with Crippen molar-refractivity contribution < 1.29 is 4.74 Å². The van der Waals surface area contributed by atoms with Crippen molar-refractivity contribution in [3.8, 4) is 5.75 Å². The lowest BCUT2D eigenvalue weighted by Crippen LogP contribution is -1.89. The maximum Gasteiger partial charge on any atom is 0.143 e. The summed E-state index contributed by atoms with van der Waals surface area (Å²) in [6, 6.07) is 7.97. The third kappa shape index (κ3) is 3.79. The van der Waals surface area contributed by atoms with E-state index in [1.54, 1.807) is 0 Å². The summed E-state index contributed by atoms with van der Waals surface area (Å²) in [6.45, 7) is 2.00. The molecule has 1 aromatic carbocycles. The molecule has 3 heteroatoms. The highest BCUT2D eigenvalue weighted by Crippen LogP contribution is 2.15. The van der Waals surface area contributed by atoms with Gasteiger partial charge in [0.05, 0.1) is 0 Å². The molecule has 0 atom stereocenters. The molecule has 0 fully saturated rings. The van der Waals surface area contributed by atoms with Gasteiger partial charge in [-0.05, 0) is 24.6 Å². The van der Waals surface area contributed by atoms with Crippen molar-refractivity contribution in [2.45, 2.75) is 6.92 Å².